The zero-order chi connectivity index (χ0) is 15.8. The van der Waals surface area contributed by atoms with Gasteiger partial charge < -0.3 is 9.47 Å². The number of hydrogen-bond donors (Lipinski definition) is 0. The molecule has 0 N–H and O–H groups in total. The number of carbonyl (C=O) groups is 2. The van der Waals surface area contributed by atoms with Gasteiger partial charge in [-0.3, -0.25) is 4.79 Å². The second-order valence-corrected chi connectivity index (χ2v) is 5.83. The Hall–Kier alpha value is -1.84. The molecule has 1 aromatic carbocycles. The third kappa shape index (κ3) is 6.43. The molecule has 0 saturated carbocycles. The fourth-order valence-electron chi connectivity index (χ4n) is 1.68. The van der Waals surface area contributed by atoms with E-state index < -0.39 is 12.1 Å². The first-order chi connectivity index (χ1) is 9.90. The van der Waals surface area contributed by atoms with Crippen LogP contribution in [0, 0.1) is 11.8 Å². The van der Waals surface area contributed by atoms with Crippen LogP contribution in [0.15, 0.2) is 30.3 Å². The van der Waals surface area contributed by atoms with Gasteiger partial charge in [0.25, 0.3) is 0 Å². The van der Waals surface area contributed by atoms with Gasteiger partial charge in [0.2, 0.25) is 0 Å². The van der Waals surface area contributed by atoms with Crippen LogP contribution < -0.4 is 0 Å². The smallest absolute Gasteiger partial charge is 0.338 e. The van der Waals surface area contributed by atoms with E-state index in [1.807, 2.05) is 33.8 Å². The lowest BCUT2D eigenvalue weighted by Gasteiger charge is -2.21. The van der Waals surface area contributed by atoms with Crippen LogP contribution in [0.5, 0.6) is 0 Å². The maximum atomic E-state index is 12.0. The summed E-state index contributed by atoms with van der Waals surface area (Å²) >= 11 is 0. The van der Waals surface area contributed by atoms with Crippen LogP contribution in [0.1, 0.15) is 44.5 Å². The van der Waals surface area contributed by atoms with E-state index in [0.29, 0.717) is 18.1 Å². The average molecular weight is 292 g/mol. The molecule has 1 atom stereocenters. The van der Waals surface area contributed by atoms with Crippen molar-refractivity contribution in [2.24, 2.45) is 11.8 Å². The predicted octanol–water partition coefficient (Wildman–Crippen LogP) is 3.46. The van der Waals surface area contributed by atoms with E-state index in [9.17, 15) is 9.59 Å². The largest absolute Gasteiger partial charge is 0.465 e. The van der Waals surface area contributed by atoms with Gasteiger partial charge >= 0.3 is 11.9 Å². The van der Waals surface area contributed by atoms with Crippen molar-refractivity contribution < 1.29 is 19.1 Å². The van der Waals surface area contributed by atoms with E-state index in [2.05, 4.69) is 0 Å². The quantitative estimate of drug-likeness (QED) is 0.722. The number of carbonyl (C=O) groups excluding carboxylic acids is 2. The minimum absolute atomic E-state index is 0.0456. The van der Waals surface area contributed by atoms with Crippen LogP contribution in [0.3, 0.4) is 0 Å². The molecule has 1 unspecified atom stereocenters. The third-order valence-electron chi connectivity index (χ3n) is 2.96. The van der Waals surface area contributed by atoms with E-state index in [1.165, 1.54) is 0 Å². The maximum absolute atomic E-state index is 12.0. The predicted molar refractivity (Wildman–Crippen MR) is 80.9 cm³/mol. The lowest BCUT2D eigenvalue weighted by Crippen LogP contribution is -2.28. The first-order valence-electron chi connectivity index (χ1n) is 7.31. The van der Waals surface area contributed by atoms with Crippen molar-refractivity contribution in [1.29, 1.82) is 0 Å². The van der Waals surface area contributed by atoms with E-state index in [-0.39, 0.29) is 18.3 Å². The summed E-state index contributed by atoms with van der Waals surface area (Å²) in [6.07, 6.45) is -0.388. The van der Waals surface area contributed by atoms with Crippen molar-refractivity contribution in [2.75, 3.05) is 6.61 Å². The third-order valence-corrected chi connectivity index (χ3v) is 2.96. The van der Waals surface area contributed by atoms with Crippen LogP contribution in [-0.4, -0.2) is 24.6 Å². The molecule has 0 spiro atoms. The molecule has 0 saturated heterocycles. The summed E-state index contributed by atoms with van der Waals surface area (Å²) in [4.78, 5) is 23.8. The Kier molecular flexibility index (Phi) is 6.92. The van der Waals surface area contributed by atoms with E-state index in [1.54, 1.807) is 24.3 Å². The Morgan fingerprint density at radius 2 is 1.67 bits per heavy atom. The van der Waals surface area contributed by atoms with Gasteiger partial charge in [-0.25, -0.2) is 4.79 Å². The summed E-state index contributed by atoms with van der Waals surface area (Å²) in [5, 5.41) is 0. The Labute approximate surface area is 126 Å². The summed E-state index contributed by atoms with van der Waals surface area (Å²) < 4.78 is 10.6. The fourth-order valence-corrected chi connectivity index (χ4v) is 1.68. The highest BCUT2D eigenvalue weighted by Crippen LogP contribution is 2.15. The molecule has 4 heteroatoms. The van der Waals surface area contributed by atoms with Crippen molar-refractivity contribution in [3.63, 3.8) is 0 Å². The lowest BCUT2D eigenvalue weighted by atomic mass is 10.0. The molecule has 21 heavy (non-hydrogen) atoms. The maximum Gasteiger partial charge on any atom is 0.338 e. The van der Waals surface area contributed by atoms with Gasteiger partial charge in [0.1, 0.15) is 6.10 Å². The number of hydrogen-bond acceptors (Lipinski definition) is 4. The normalized spacial score (nSPS) is 12.3. The highest BCUT2D eigenvalue weighted by Gasteiger charge is 2.23. The summed E-state index contributed by atoms with van der Waals surface area (Å²) in [6.45, 7) is 8.17. The molecule has 116 valence electrons. The zero-order valence-corrected chi connectivity index (χ0v) is 13.2. The molecular formula is C17H24O4. The number of benzene rings is 1. The summed E-state index contributed by atoms with van der Waals surface area (Å²) in [5.74, 6) is -0.406. The second kappa shape index (κ2) is 8.45. The molecule has 0 aliphatic carbocycles. The highest BCUT2D eigenvalue weighted by atomic mass is 16.6. The molecular weight excluding hydrogens is 268 g/mol. The molecule has 0 fully saturated rings. The van der Waals surface area contributed by atoms with E-state index in [0.717, 1.165) is 0 Å². The van der Waals surface area contributed by atoms with Crippen LogP contribution in [0.2, 0.25) is 0 Å². The summed E-state index contributed by atoms with van der Waals surface area (Å²) in [6, 6.07) is 8.77. The number of rotatable bonds is 7. The van der Waals surface area contributed by atoms with Crippen LogP contribution in [-0.2, 0) is 14.3 Å². The number of ether oxygens (including phenoxy) is 2. The highest BCUT2D eigenvalue weighted by molar-refractivity contribution is 5.89. The zero-order valence-electron chi connectivity index (χ0n) is 13.2. The molecule has 0 amide bonds. The molecule has 0 radical (unpaired) electrons. The Morgan fingerprint density at radius 1 is 1.05 bits per heavy atom. The van der Waals surface area contributed by atoms with Gasteiger partial charge in [-0.05, 0) is 24.0 Å². The first kappa shape index (κ1) is 17.2. The molecule has 0 aliphatic heterocycles. The minimum atomic E-state index is -0.475. The lowest BCUT2D eigenvalue weighted by molar-refractivity contribution is -0.147. The SMILES string of the molecule is CC(C)COC(=O)CC(OC(=O)c1ccccc1)C(C)C. The number of esters is 2. The van der Waals surface area contributed by atoms with Crippen LogP contribution >= 0.6 is 0 Å². The van der Waals surface area contributed by atoms with Gasteiger partial charge in [-0.1, -0.05) is 45.9 Å². The molecule has 1 aromatic rings. The van der Waals surface area contributed by atoms with E-state index >= 15 is 0 Å². The summed E-state index contributed by atoms with van der Waals surface area (Å²) in [5.41, 5.74) is 0.485. The molecule has 4 nitrogen and oxygen atoms in total. The van der Waals surface area contributed by atoms with Crippen molar-refractivity contribution in [1.82, 2.24) is 0 Å². The molecule has 0 aliphatic rings. The van der Waals surface area contributed by atoms with Crippen molar-refractivity contribution in [3.8, 4) is 0 Å². The standard InChI is InChI=1S/C17H24O4/c1-12(2)11-20-16(18)10-15(13(3)4)21-17(19)14-8-6-5-7-9-14/h5-9,12-13,15H,10-11H2,1-4H3. The van der Waals surface area contributed by atoms with E-state index in [4.69, 9.17) is 9.47 Å². The van der Waals surface area contributed by atoms with Crippen LogP contribution in [0.4, 0.5) is 0 Å². The van der Waals surface area contributed by atoms with Gasteiger partial charge in [0, 0.05) is 0 Å². The van der Waals surface area contributed by atoms with Gasteiger partial charge in [0.15, 0.2) is 0 Å². The van der Waals surface area contributed by atoms with Gasteiger partial charge in [-0.15, -0.1) is 0 Å². The summed E-state index contributed by atoms with van der Waals surface area (Å²) in [7, 11) is 0. The first-order valence-corrected chi connectivity index (χ1v) is 7.31. The second-order valence-electron chi connectivity index (χ2n) is 5.83. The van der Waals surface area contributed by atoms with Crippen molar-refractivity contribution >= 4 is 11.9 Å². The van der Waals surface area contributed by atoms with Crippen LogP contribution in [0.25, 0.3) is 0 Å². The molecule has 0 heterocycles. The molecule has 0 aromatic heterocycles. The Bertz CT molecular complexity index is 451. The monoisotopic (exact) mass is 292 g/mol. The van der Waals surface area contributed by atoms with Gasteiger partial charge in [-0.2, -0.15) is 0 Å². The minimum Gasteiger partial charge on any atom is -0.465 e. The van der Waals surface area contributed by atoms with Gasteiger partial charge in [0.05, 0.1) is 18.6 Å². The van der Waals surface area contributed by atoms with Crippen molar-refractivity contribution in [2.45, 2.75) is 40.2 Å². The molecule has 1 rings (SSSR count). The Balaban J connectivity index is 2.58. The fraction of sp³-hybridized carbons (Fsp3) is 0.529. The molecule has 0 bridgehead atoms. The average Bonchev–Trinajstić information content (AvgIpc) is 2.45. The topological polar surface area (TPSA) is 52.6 Å². The van der Waals surface area contributed by atoms with Crippen molar-refractivity contribution in [3.05, 3.63) is 35.9 Å². The Morgan fingerprint density at radius 3 is 2.19 bits per heavy atom.